The molecule has 1 fully saturated rings. The lowest BCUT2D eigenvalue weighted by atomic mass is 9.68. The van der Waals surface area contributed by atoms with Crippen LogP contribution in [0.2, 0.25) is 0 Å². The zero-order valence-electron chi connectivity index (χ0n) is 9.92. The number of hydrogen-bond donors (Lipinski definition) is 2. The average molecular weight is 297 g/mol. The van der Waals surface area contributed by atoms with Gasteiger partial charge in [0.05, 0.1) is 5.41 Å². The van der Waals surface area contributed by atoms with Crippen LogP contribution in [0.3, 0.4) is 0 Å². The Morgan fingerprint density at radius 1 is 1.47 bits per heavy atom. The minimum Gasteiger partial charge on any atom is -0.326 e. The number of carbonyl (C=O) groups excluding carboxylic acids is 1. The molecule has 2 rings (SSSR count). The lowest BCUT2D eigenvalue weighted by Gasteiger charge is -2.40. The van der Waals surface area contributed by atoms with Crippen molar-refractivity contribution >= 4 is 27.5 Å². The first-order chi connectivity index (χ1) is 8.16. The molecule has 0 heterocycles. The number of anilines is 1. The average Bonchev–Trinajstić information content (AvgIpc) is 2.23. The van der Waals surface area contributed by atoms with E-state index in [-0.39, 0.29) is 11.3 Å². The second-order valence-electron chi connectivity index (χ2n) is 4.63. The van der Waals surface area contributed by atoms with Gasteiger partial charge in [0.25, 0.3) is 0 Å². The van der Waals surface area contributed by atoms with Gasteiger partial charge >= 0.3 is 0 Å². The molecule has 2 N–H and O–H groups in total. The van der Waals surface area contributed by atoms with Gasteiger partial charge in [0.1, 0.15) is 0 Å². The van der Waals surface area contributed by atoms with Gasteiger partial charge in [-0.2, -0.15) is 0 Å². The van der Waals surface area contributed by atoms with E-state index in [0.29, 0.717) is 0 Å². The largest absolute Gasteiger partial charge is 0.326 e. The molecule has 1 aliphatic rings. The molecule has 0 unspecified atom stereocenters. The Morgan fingerprint density at radius 3 is 2.76 bits per heavy atom. The highest BCUT2D eigenvalue weighted by molar-refractivity contribution is 9.10. The zero-order chi connectivity index (χ0) is 12.3. The first-order valence-electron chi connectivity index (χ1n) is 5.88. The fraction of sp³-hybridized carbons (Fsp3) is 0.462. The highest BCUT2D eigenvalue weighted by Crippen LogP contribution is 2.41. The van der Waals surface area contributed by atoms with Gasteiger partial charge in [0, 0.05) is 16.7 Å². The molecule has 0 bridgehead atoms. The molecule has 0 radical (unpaired) electrons. The van der Waals surface area contributed by atoms with Crippen molar-refractivity contribution in [3.05, 3.63) is 28.7 Å². The van der Waals surface area contributed by atoms with Crippen molar-refractivity contribution < 1.29 is 4.79 Å². The molecule has 4 heteroatoms. The lowest BCUT2D eigenvalue weighted by Crippen LogP contribution is -2.48. The van der Waals surface area contributed by atoms with Crippen LogP contribution >= 0.6 is 15.9 Å². The van der Waals surface area contributed by atoms with E-state index >= 15 is 0 Å². The van der Waals surface area contributed by atoms with Crippen LogP contribution in [-0.2, 0) is 4.79 Å². The molecule has 0 atom stereocenters. The van der Waals surface area contributed by atoms with Crippen LogP contribution in [0.25, 0.3) is 0 Å². The van der Waals surface area contributed by atoms with Crippen LogP contribution in [0.5, 0.6) is 0 Å². The molecule has 1 aromatic rings. The summed E-state index contributed by atoms with van der Waals surface area (Å²) in [5, 5.41) is 6.12. The molecule has 17 heavy (non-hydrogen) atoms. The Kier molecular flexibility index (Phi) is 3.84. The van der Waals surface area contributed by atoms with Crippen molar-refractivity contribution in [2.45, 2.75) is 19.3 Å². The molecule has 3 nitrogen and oxygen atoms in total. The topological polar surface area (TPSA) is 41.1 Å². The first kappa shape index (κ1) is 12.6. The van der Waals surface area contributed by atoms with Gasteiger partial charge in [-0.3, -0.25) is 4.79 Å². The minimum atomic E-state index is -0.197. The number of halogens is 1. The van der Waals surface area contributed by atoms with Gasteiger partial charge in [-0.1, -0.05) is 28.4 Å². The second kappa shape index (κ2) is 5.19. The van der Waals surface area contributed by atoms with Gasteiger partial charge < -0.3 is 10.6 Å². The summed E-state index contributed by atoms with van der Waals surface area (Å²) >= 11 is 3.40. The van der Waals surface area contributed by atoms with Crippen molar-refractivity contribution in [3.63, 3.8) is 0 Å². The highest BCUT2D eigenvalue weighted by Gasteiger charge is 2.43. The minimum absolute atomic E-state index is 0.135. The molecule has 92 valence electrons. The molecule has 0 aromatic heterocycles. The third-order valence-electron chi connectivity index (χ3n) is 3.39. The van der Waals surface area contributed by atoms with Crippen LogP contribution in [-0.4, -0.2) is 19.5 Å². The molecular weight excluding hydrogens is 280 g/mol. The maximum absolute atomic E-state index is 12.3. The fourth-order valence-corrected chi connectivity index (χ4v) is 2.66. The number of nitrogens with one attached hydrogen (secondary N) is 2. The number of rotatable bonds is 4. The van der Waals surface area contributed by atoms with Crippen LogP contribution < -0.4 is 10.6 Å². The number of carbonyl (C=O) groups is 1. The summed E-state index contributed by atoms with van der Waals surface area (Å²) in [5.74, 6) is 0.135. The van der Waals surface area contributed by atoms with Gasteiger partial charge in [0.2, 0.25) is 5.91 Å². The number of hydrogen-bond acceptors (Lipinski definition) is 2. The van der Waals surface area contributed by atoms with E-state index in [1.165, 1.54) is 0 Å². The Morgan fingerprint density at radius 2 is 2.24 bits per heavy atom. The van der Waals surface area contributed by atoms with Crippen LogP contribution in [0.4, 0.5) is 5.69 Å². The molecule has 0 aliphatic heterocycles. The summed E-state index contributed by atoms with van der Waals surface area (Å²) in [4.78, 5) is 12.3. The van der Waals surface area contributed by atoms with Gasteiger partial charge in [0.15, 0.2) is 0 Å². The predicted molar refractivity (Wildman–Crippen MR) is 73.0 cm³/mol. The van der Waals surface area contributed by atoms with E-state index in [0.717, 1.165) is 36.0 Å². The van der Waals surface area contributed by atoms with E-state index in [1.807, 2.05) is 31.3 Å². The Bertz CT molecular complexity index is 416. The molecule has 1 aromatic carbocycles. The highest BCUT2D eigenvalue weighted by atomic mass is 79.9. The normalized spacial score (nSPS) is 17.3. The van der Waals surface area contributed by atoms with E-state index in [4.69, 9.17) is 0 Å². The van der Waals surface area contributed by atoms with E-state index in [9.17, 15) is 4.79 Å². The monoisotopic (exact) mass is 296 g/mol. The molecular formula is C13H17BrN2O. The standard InChI is InChI=1S/C13H17BrN2O/c1-15-9-13(6-3-7-13)12(17)16-11-5-2-4-10(14)8-11/h2,4-5,8,15H,3,6-7,9H2,1H3,(H,16,17). The van der Waals surface area contributed by atoms with Gasteiger partial charge in [-0.25, -0.2) is 0 Å². The third kappa shape index (κ3) is 2.69. The van der Waals surface area contributed by atoms with Crippen LogP contribution in [0.15, 0.2) is 28.7 Å². The maximum atomic E-state index is 12.3. The van der Waals surface area contributed by atoms with Crippen LogP contribution in [0, 0.1) is 5.41 Å². The smallest absolute Gasteiger partial charge is 0.231 e. The third-order valence-corrected chi connectivity index (χ3v) is 3.88. The summed E-state index contributed by atoms with van der Waals surface area (Å²) < 4.78 is 0.978. The molecule has 0 spiro atoms. The Hall–Kier alpha value is -0.870. The van der Waals surface area contributed by atoms with E-state index in [2.05, 4.69) is 26.6 Å². The number of amides is 1. The SMILES string of the molecule is CNCC1(C(=O)Nc2cccc(Br)c2)CCC1. The first-order valence-corrected chi connectivity index (χ1v) is 6.67. The fourth-order valence-electron chi connectivity index (χ4n) is 2.26. The summed E-state index contributed by atoms with van der Waals surface area (Å²) in [5.41, 5.74) is 0.656. The second-order valence-corrected chi connectivity index (χ2v) is 5.54. The quantitative estimate of drug-likeness (QED) is 0.897. The zero-order valence-corrected chi connectivity index (χ0v) is 11.5. The number of benzene rings is 1. The predicted octanol–water partition coefficient (Wildman–Crippen LogP) is 2.78. The van der Waals surface area contributed by atoms with Gasteiger partial charge in [-0.15, -0.1) is 0 Å². The van der Waals surface area contributed by atoms with Crippen molar-refractivity contribution in [1.29, 1.82) is 0 Å². The van der Waals surface area contributed by atoms with E-state index < -0.39 is 0 Å². The lowest BCUT2D eigenvalue weighted by molar-refractivity contribution is -0.129. The Balaban J connectivity index is 2.05. The summed E-state index contributed by atoms with van der Waals surface area (Å²) in [6.07, 6.45) is 3.11. The summed E-state index contributed by atoms with van der Waals surface area (Å²) in [6, 6.07) is 7.70. The Labute approximate surface area is 110 Å². The van der Waals surface area contributed by atoms with Gasteiger partial charge in [-0.05, 0) is 38.1 Å². The van der Waals surface area contributed by atoms with E-state index in [1.54, 1.807) is 0 Å². The van der Waals surface area contributed by atoms with Crippen molar-refractivity contribution in [2.24, 2.45) is 5.41 Å². The molecule has 1 saturated carbocycles. The summed E-state index contributed by atoms with van der Waals surface area (Å²) in [7, 11) is 1.90. The summed E-state index contributed by atoms with van der Waals surface area (Å²) in [6.45, 7) is 0.757. The maximum Gasteiger partial charge on any atom is 0.231 e. The van der Waals surface area contributed by atoms with Crippen LogP contribution in [0.1, 0.15) is 19.3 Å². The molecule has 0 saturated heterocycles. The van der Waals surface area contributed by atoms with Crippen molar-refractivity contribution in [1.82, 2.24) is 5.32 Å². The van der Waals surface area contributed by atoms with Crippen molar-refractivity contribution in [3.8, 4) is 0 Å². The van der Waals surface area contributed by atoms with Crippen molar-refractivity contribution in [2.75, 3.05) is 18.9 Å². The molecule has 1 amide bonds. The molecule has 1 aliphatic carbocycles.